The largest absolute Gasteiger partial charge is 0.395 e. The van der Waals surface area contributed by atoms with Crippen molar-refractivity contribution in [3.63, 3.8) is 0 Å². The van der Waals surface area contributed by atoms with E-state index in [0.29, 0.717) is 29.4 Å². The van der Waals surface area contributed by atoms with Crippen molar-refractivity contribution < 1.29 is 0 Å². The van der Waals surface area contributed by atoms with E-state index >= 15 is 0 Å². The van der Waals surface area contributed by atoms with Crippen LogP contribution in [0.2, 0.25) is 0 Å². The lowest BCUT2D eigenvalue weighted by molar-refractivity contribution is 0.365. The Bertz CT molecular complexity index is 1030. The van der Waals surface area contributed by atoms with E-state index in [-0.39, 0.29) is 5.92 Å². The first-order chi connectivity index (χ1) is 16.1. The molecule has 0 saturated carbocycles. The summed E-state index contributed by atoms with van der Waals surface area (Å²) in [7, 11) is 0. The van der Waals surface area contributed by atoms with Gasteiger partial charge >= 0.3 is 0 Å². The first kappa shape index (κ1) is 22.9. The summed E-state index contributed by atoms with van der Waals surface area (Å²) < 4.78 is 0. The van der Waals surface area contributed by atoms with Gasteiger partial charge in [-0.3, -0.25) is 0 Å². The maximum absolute atomic E-state index is 6.42. The Morgan fingerprint density at radius 1 is 1.06 bits per heavy atom. The molecule has 1 aliphatic heterocycles. The standard InChI is InChI=1S/C26H35N7/c1-18-16-20(13-15-33(18)21-10-6-3-7-11-21)30-14-12-22(19-8-4-2-5-9-19)23-17-24(27)31-26(32-29)25(23)28/h2-11,17-18,20,22,30H,12-16,28-29H2,1H3,(H3,27,31,32). The molecule has 1 aliphatic rings. The molecule has 8 N–H and O–H groups in total. The minimum Gasteiger partial charge on any atom is -0.395 e. The Balaban J connectivity index is 1.43. The number of hydrogen-bond donors (Lipinski definition) is 5. The summed E-state index contributed by atoms with van der Waals surface area (Å²) in [6.07, 6.45) is 3.15. The quantitative estimate of drug-likeness (QED) is 0.265. The van der Waals surface area contributed by atoms with Crippen molar-refractivity contribution in [1.29, 1.82) is 0 Å². The average molecular weight is 446 g/mol. The molecule has 1 fully saturated rings. The predicted molar refractivity (Wildman–Crippen MR) is 138 cm³/mol. The van der Waals surface area contributed by atoms with Crippen molar-refractivity contribution in [3.8, 4) is 0 Å². The number of piperidine rings is 1. The van der Waals surface area contributed by atoms with Crippen molar-refractivity contribution in [2.75, 3.05) is 34.9 Å². The van der Waals surface area contributed by atoms with Crippen molar-refractivity contribution in [2.24, 2.45) is 5.84 Å². The molecule has 33 heavy (non-hydrogen) atoms. The van der Waals surface area contributed by atoms with E-state index in [0.717, 1.165) is 37.9 Å². The Morgan fingerprint density at radius 2 is 1.76 bits per heavy atom. The van der Waals surface area contributed by atoms with Gasteiger partial charge in [-0.15, -0.1) is 0 Å². The number of rotatable bonds is 8. The molecule has 7 heteroatoms. The van der Waals surface area contributed by atoms with Crippen LogP contribution in [0, 0.1) is 0 Å². The highest BCUT2D eigenvalue weighted by Crippen LogP contribution is 2.35. The Labute approximate surface area is 196 Å². The van der Waals surface area contributed by atoms with Gasteiger partial charge in [-0.05, 0) is 62.1 Å². The van der Waals surface area contributed by atoms with Crippen LogP contribution in [0.5, 0.6) is 0 Å². The zero-order chi connectivity index (χ0) is 23.2. The number of hydrogen-bond acceptors (Lipinski definition) is 7. The number of anilines is 4. The fourth-order valence-corrected chi connectivity index (χ4v) is 4.97. The van der Waals surface area contributed by atoms with Crippen molar-refractivity contribution >= 4 is 23.0 Å². The molecule has 3 atom stereocenters. The number of nitrogens with two attached hydrogens (primary N) is 3. The molecule has 1 saturated heterocycles. The lowest BCUT2D eigenvalue weighted by Gasteiger charge is -2.40. The average Bonchev–Trinajstić information content (AvgIpc) is 2.84. The zero-order valence-electron chi connectivity index (χ0n) is 19.2. The molecule has 0 aliphatic carbocycles. The molecular formula is C26H35N7. The lowest BCUT2D eigenvalue weighted by atomic mass is 9.87. The van der Waals surface area contributed by atoms with Crippen molar-refractivity contribution in [1.82, 2.24) is 10.3 Å². The van der Waals surface area contributed by atoms with E-state index in [4.69, 9.17) is 17.3 Å². The van der Waals surface area contributed by atoms with Crippen LogP contribution in [-0.2, 0) is 0 Å². The van der Waals surface area contributed by atoms with Crippen LogP contribution >= 0.6 is 0 Å². The zero-order valence-corrected chi connectivity index (χ0v) is 19.2. The van der Waals surface area contributed by atoms with Crippen LogP contribution in [0.4, 0.5) is 23.0 Å². The summed E-state index contributed by atoms with van der Waals surface area (Å²) in [6.45, 7) is 4.26. The summed E-state index contributed by atoms with van der Waals surface area (Å²) in [4.78, 5) is 6.73. The Morgan fingerprint density at radius 3 is 2.42 bits per heavy atom. The summed E-state index contributed by atoms with van der Waals surface area (Å²) in [5.74, 6) is 6.55. The van der Waals surface area contributed by atoms with Crippen LogP contribution in [0.1, 0.15) is 43.2 Å². The minimum atomic E-state index is 0.0953. The molecule has 2 aromatic carbocycles. The van der Waals surface area contributed by atoms with Crippen LogP contribution < -0.4 is 33.0 Å². The van der Waals surface area contributed by atoms with E-state index in [2.05, 4.69) is 82.1 Å². The molecule has 0 radical (unpaired) electrons. The molecule has 3 unspecified atom stereocenters. The number of para-hydroxylation sites is 1. The maximum Gasteiger partial charge on any atom is 0.165 e. The monoisotopic (exact) mass is 445 g/mol. The van der Waals surface area contributed by atoms with E-state index in [1.165, 1.54) is 11.3 Å². The SMILES string of the molecule is CC1CC(NCCC(c2ccccc2)c2cc(N)nc(NN)c2N)CCN1c1ccccc1. The molecule has 174 valence electrons. The molecule has 0 bridgehead atoms. The number of hydrazine groups is 1. The number of nitrogen functional groups attached to an aromatic ring is 3. The van der Waals surface area contributed by atoms with Gasteiger partial charge in [-0.25, -0.2) is 10.8 Å². The predicted octanol–water partition coefficient (Wildman–Crippen LogP) is 3.70. The molecule has 4 rings (SSSR count). The first-order valence-corrected chi connectivity index (χ1v) is 11.7. The van der Waals surface area contributed by atoms with E-state index in [1.54, 1.807) is 0 Å². The van der Waals surface area contributed by atoms with Crippen LogP contribution in [0.15, 0.2) is 66.7 Å². The third kappa shape index (κ3) is 5.38. The fraction of sp³-hybridized carbons (Fsp3) is 0.346. The maximum atomic E-state index is 6.42. The third-order valence-electron chi connectivity index (χ3n) is 6.65. The van der Waals surface area contributed by atoms with E-state index in [9.17, 15) is 0 Å². The van der Waals surface area contributed by atoms with E-state index in [1.807, 2.05) is 12.1 Å². The summed E-state index contributed by atoms with van der Waals surface area (Å²) in [6, 6.07) is 24.0. The van der Waals surface area contributed by atoms with Gasteiger partial charge in [0.1, 0.15) is 5.82 Å². The van der Waals surface area contributed by atoms with Gasteiger partial charge in [-0.2, -0.15) is 0 Å². The second-order valence-electron chi connectivity index (χ2n) is 8.85. The van der Waals surface area contributed by atoms with Gasteiger partial charge in [0.25, 0.3) is 0 Å². The second kappa shape index (κ2) is 10.6. The normalized spacial score (nSPS) is 19.3. The van der Waals surface area contributed by atoms with Gasteiger partial charge < -0.3 is 27.1 Å². The smallest absolute Gasteiger partial charge is 0.165 e. The minimum absolute atomic E-state index is 0.0953. The highest BCUT2D eigenvalue weighted by atomic mass is 15.3. The van der Waals surface area contributed by atoms with Gasteiger partial charge in [0.15, 0.2) is 5.82 Å². The number of aromatic nitrogens is 1. The topological polar surface area (TPSA) is 118 Å². The molecular weight excluding hydrogens is 410 g/mol. The number of pyridine rings is 1. The van der Waals surface area contributed by atoms with Crippen molar-refractivity contribution in [2.45, 2.75) is 44.2 Å². The Kier molecular flexibility index (Phi) is 7.32. The summed E-state index contributed by atoms with van der Waals surface area (Å²) in [5.41, 5.74) is 19.1. The van der Waals surface area contributed by atoms with Crippen LogP contribution in [-0.4, -0.2) is 30.2 Å². The lowest BCUT2D eigenvalue weighted by Crippen LogP contribution is -2.47. The van der Waals surface area contributed by atoms with Crippen LogP contribution in [0.3, 0.4) is 0 Å². The molecule has 0 amide bonds. The molecule has 1 aromatic heterocycles. The van der Waals surface area contributed by atoms with Crippen LogP contribution in [0.25, 0.3) is 0 Å². The Hall–Kier alpha value is -3.29. The molecule has 2 heterocycles. The van der Waals surface area contributed by atoms with Gasteiger partial charge in [0.2, 0.25) is 0 Å². The number of nitrogens with one attached hydrogen (secondary N) is 2. The summed E-state index contributed by atoms with van der Waals surface area (Å²) >= 11 is 0. The third-order valence-corrected chi connectivity index (χ3v) is 6.65. The number of benzene rings is 2. The summed E-state index contributed by atoms with van der Waals surface area (Å²) in [5, 5.41) is 3.80. The van der Waals surface area contributed by atoms with E-state index < -0.39 is 0 Å². The first-order valence-electron chi connectivity index (χ1n) is 11.7. The molecule has 3 aromatic rings. The molecule has 0 spiro atoms. The van der Waals surface area contributed by atoms with Gasteiger partial charge in [-0.1, -0.05) is 48.5 Å². The fourth-order valence-electron chi connectivity index (χ4n) is 4.97. The van der Waals surface area contributed by atoms with Gasteiger partial charge in [0.05, 0.1) is 5.69 Å². The number of nitrogens with zero attached hydrogens (tertiary/aromatic N) is 2. The van der Waals surface area contributed by atoms with Gasteiger partial charge in [0, 0.05) is 30.2 Å². The highest BCUT2D eigenvalue weighted by molar-refractivity contribution is 5.70. The molecule has 7 nitrogen and oxygen atoms in total. The second-order valence-corrected chi connectivity index (χ2v) is 8.85. The highest BCUT2D eigenvalue weighted by Gasteiger charge is 2.26. The van der Waals surface area contributed by atoms with Crippen molar-refractivity contribution in [3.05, 3.63) is 77.9 Å².